The lowest BCUT2D eigenvalue weighted by Crippen LogP contribution is -2.44. The predicted molar refractivity (Wildman–Crippen MR) is 128 cm³/mol. The summed E-state index contributed by atoms with van der Waals surface area (Å²) in [5.74, 6) is -5.16. The number of phosphoric acid groups is 1. The molecule has 2 N–H and O–H groups in total. The van der Waals surface area contributed by atoms with E-state index < -0.39 is 74.2 Å². The molecule has 42 heavy (non-hydrogen) atoms. The van der Waals surface area contributed by atoms with Gasteiger partial charge >= 0.3 is 35.2 Å². The molecule has 1 amide bonds. The number of nitrogens with one attached hydrogen (secondary N) is 1. The van der Waals surface area contributed by atoms with Crippen LogP contribution in [0.15, 0.2) is 24.3 Å². The first-order chi connectivity index (χ1) is 20.0. The smallest absolute Gasteiger partial charge is 0.527 e. The number of imidazole rings is 1. The van der Waals surface area contributed by atoms with E-state index in [4.69, 9.17) is 24.1 Å². The first-order valence-corrected chi connectivity index (χ1v) is 13.3. The van der Waals surface area contributed by atoms with Gasteiger partial charge in [-0.2, -0.15) is 4.79 Å². The normalized spacial score (nSPS) is 25.3. The Balaban J connectivity index is 1.70. The first kappa shape index (κ1) is 30.1. The highest BCUT2D eigenvalue weighted by atomic mass is 31.2. The van der Waals surface area contributed by atoms with Gasteiger partial charge in [-0.1, -0.05) is 0 Å². The number of aromatic nitrogens is 4. The molecule has 4 rings (SSSR count). The Morgan fingerprint density at radius 3 is 2.67 bits per heavy atom. The lowest BCUT2D eigenvalue weighted by atomic mass is 10.1. The Morgan fingerprint density at radius 1 is 1.26 bits per heavy atom. The summed E-state index contributed by atoms with van der Waals surface area (Å²) in [5.41, 5.74) is 7.03. The van der Waals surface area contributed by atoms with Gasteiger partial charge in [0.25, 0.3) is 7.82 Å². The fourth-order valence-electron chi connectivity index (χ4n) is 3.89. The van der Waals surface area contributed by atoms with E-state index >= 15 is 0 Å². The summed E-state index contributed by atoms with van der Waals surface area (Å²) in [7, 11) is -4.85. The molecule has 2 aromatic heterocycles. The average Bonchev–Trinajstić information content (AvgIpc) is 3.51. The van der Waals surface area contributed by atoms with E-state index in [1.54, 1.807) is 0 Å². The second kappa shape index (κ2) is 12.4. The van der Waals surface area contributed by atoms with E-state index in [1.807, 2.05) is 0 Å². The first-order valence-electron chi connectivity index (χ1n) is 11.8. The summed E-state index contributed by atoms with van der Waals surface area (Å²) in [4.78, 5) is 66.8. The number of esters is 2. The molecule has 0 aliphatic carbocycles. The number of rotatable bonds is 9. The van der Waals surface area contributed by atoms with Crippen molar-refractivity contribution in [2.45, 2.75) is 38.4 Å². The van der Waals surface area contributed by atoms with Crippen molar-refractivity contribution in [3.8, 4) is 0 Å². The fourth-order valence-corrected chi connectivity index (χ4v) is 4.84. The zero-order chi connectivity index (χ0) is 30.6. The summed E-state index contributed by atoms with van der Waals surface area (Å²) < 4.78 is 43.5. The standard InChI is InChI=1S/C20H20N9O12P/c1-3-36-18(31)10(27-21)16(30)26-14-9-15(24-6-23-14)29(7-25-9)17-13(12-8(39-17)5-38-42(34,35)41-12)40-20(33)11(28-22)19(32)37-4-2/h6-8,12-13,17H,3-5H2,1-2H3,(H2-,23,24,26,30,31,34,35)/t8-,12?,13-,17-/m1/s1. The van der Waals surface area contributed by atoms with Gasteiger partial charge in [0, 0.05) is 0 Å². The number of carbonyl (C=O) groups is 3. The Hall–Kier alpha value is -4.83. The molecule has 2 aromatic rings. The molecule has 0 radical (unpaired) electrons. The number of phosphoric ester groups is 1. The van der Waals surface area contributed by atoms with Gasteiger partial charge in [0.05, 0.1) is 26.1 Å². The number of amides is 1. The minimum Gasteiger partial charge on any atom is -0.756 e. The third-order valence-electron chi connectivity index (χ3n) is 5.60. The maximum absolute atomic E-state index is 12.8. The molecule has 2 aliphatic rings. The number of carbonyl (C=O) groups excluding carboxylic acids is 3. The third kappa shape index (κ3) is 5.94. The summed E-state index contributed by atoms with van der Waals surface area (Å²) in [6, 6.07) is 0. The number of fused-ring (bicyclic) bond motifs is 2. The van der Waals surface area contributed by atoms with E-state index in [9.17, 15) is 34.5 Å². The summed E-state index contributed by atoms with van der Waals surface area (Å²) in [6.07, 6.45) is -3.56. The highest BCUT2D eigenvalue weighted by Crippen LogP contribution is 2.50. The molecule has 5 atom stereocenters. The monoisotopic (exact) mass is 609 g/mol. The molecular weight excluding hydrogens is 589 g/mol. The Morgan fingerprint density at radius 2 is 2.00 bits per heavy atom. The van der Waals surface area contributed by atoms with Crippen LogP contribution in [0.5, 0.6) is 0 Å². The number of aliphatic hydroxyl groups excluding tert-OH is 1. The second-order valence-electron chi connectivity index (χ2n) is 8.10. The van der Waals surface area contributed by atoms with Crippen LogP contribution < -0.4 is 10.2 Å². The van der Waals surface area contributed by atoms with E-state index in [-0.39, 0.29) is 30.2 Å². The van der Waals surface area contributed by atoms with Crippen molar-refractivity contribution < 1.29 is 61.7 Å². The summed E-state index contributed by atoms with van der Waals surface area (Å²) in [5, 5.41) is 21.2. The van der Waals surface area contributed by atoms with Crippen LogP contribution in [-0.4, -0.2) is 91.1 Å². The Bertz CT molecular complexity index is 1600. The molecule has 21 nitrogen and oxygen atoms in total. The largest absolute Gasteiger partial charge is 0.756 e. The van der Waals surface area contributed by atoms with Crippen LogP contribution in [0.25, 0.3) is 21.7 Å². The van der Waals surface area contributed by atoms with Crippen LogP contribution >= 0.6 is 7.82 Å². The number of diazo groups is 1. The van der Waals surface area contributed by atoms with Crippen molar-refractivity contribution in [1.82, 2.24) is 19.5 Å². The number of aliphatic hydroxyl groups is 1. The second-order valence-corrected chi connectivity index (χ2v) is 9.47. The molecule has 2 fully saturated rings. The molecule has 0 spiro atoms. The van der Waals surface area contributed by atoms with E-state index in [2.05, 4.69) is 39.3 Å². The Labute approximate surface area is 233 Å². The highest BCUT2D eigenvalue weighted by molar-refractivity contribution is 7.45. The van der Waals surface area contributed by atoms with Crippen LogP contribution in [0, 0.1) is 5.39 Å². The molecule has 0 aromatic carbocycles. The van der Waals surface area contributed by atoms with Gasteiger partial charge in [-0.05, 0) is 13.8 Å². The van der Waals surface area contributed by atoms with Crippen molar-refractivity contribution in [3.63, 3.8) is 0 Å². The molecule has 2 unspecified atom stereocenters. The van der Waals surface area contributed by atoms with Gasteiger partial charge in [0.2, 0.25) is 5.39 Å². The molecule has 2 aliphatic heterocycles. The highest BCUT2D eigenvalue weighted by Gasteiger charge is 2.54. The SMILES string of the molecule is CCOC(=O)C(=[N+]=[N-])C(=O)O[C@@H]1C2OP(=O)([O-])OC[C@H]2O[C@H]1n1cnc2c(NC(=O)/C([N+]#N)=C(\O)OCC)ncnc21. The van der Waals surface area contributed by atoms with Crippen molar-refractivity contribution in [1.29, 1.82) is 5.39 Å². The summed E-state index contributed by atoms with van der Waals surface area (Å²) in [6.45, 7) is 2.21. The average molecular weight is 609 g/mol. The van der Waals surface area contributed by atoms with Gasteiger partial charge in [-0.25, -0.2) is 24.5 Å². The van der Waals surface area contributed by atoms with Crippen LogP contribution in [0.3, 0.4) is 0 Å². The van der Waals surface area contributed by atoms with Crippen molar-refractivity contribution in [2.24, 2.45) is 0 Å². The van der Waals surface area contributed by atoms with Gasteiger partial charge in [0.15, 0.2) is 34.3 Å². The van der Waals surface area contributed by atoms with Gasteiger partial charge in [-0.15, -0.1) is 0 Å². The van der Waals surface area contributed by atoms with Crippen LogP contribution in [0.4, 0.5) is 5.82 Å². The quantitative estimate of drug-likeness (QED) is 0.0409. The Kier molecular flexibility index (Phi) is 8.87. The molecule has 22 heteroatoms. The lowest BCUT2D eigenvalue weighted by molar-refractivity contribution is -0.246. The topological polar surface area (TPSA) is 287 Å². The van der Waals surface area contributed by atoms with Gasteiger partial charge < -0.3 is 43.5 Å². The molecule has 222 valence electrons. The molecule has 4 heterocycles. The number of ether oxygens (including phenoxy) is 4. The van der Waals surface area contributed by atoms with E-state index in [1.165, 1.54) is 18.4 Å². The van der Waals surface area contributed by atoms with Crippen molar-refractivity contribution in [3.05, 3.63) is 34.8 Å². The van der Waals surface area contributed by atoms with Crippen molar-refractivity contribution >= 4 is 48.4 Å². The molecular formula is C20H20N9O12P. The van der Waals surface area contributed by atoms with Crippen LogP contribution in [0.2, 0.25) is 0 Å². The fraction of sp³-hybridized carbons (Fsp3) is 0.450. The maximum atomic E-state index is 12.8. The van der Waals surface area contributed by atoms with Crippen LogP contribution in [0.1, 0.15) is 20.1 Å². The lowest BCUT2D eigenvalue weighted by Gasteiger charge is -2.35. The third-order valence-corrected chi connectivity index (χ3v) is 6.57. The molecule has 0 bridgehead atoms. The number of nitrogens with zero attached hydrogens (tertiary/aromatic N) is 8. The summed E-state index contributed by atoms with van der Waals surface area (Å²) >= 11 is 0. The van der Waals surface area contributed by atoms with Gasteiger partial charge in [-0.3, -0.25) is 19.2 Å². The van der Waals surface area contributed by atoms with Crippen LogP contribution in [-0.2, 0) is 46.9 Å². The zero-order valence-electron chi connectivity index (χ0n) is 21.5. The minimum atomic E-state index is -4.85. The molecule has 2 saturated heterocycles. The van der Waals surface area contributed by atoms with E-state index in [0.29, 0.717) is 0 Å². The van der Waals surface area contributed by atoms with Crippen molar-refractivity contribution in [2.75, 3.05) is 25.1 Å². The maximum Gasteiger partial charge on any atom is 0.527 e. The van der Waals surface area contributed by atoms with Gasteiger partial charge in [0.1, 0.15) is 18.5 Å². The zero-order valence-corrected chi connectivity index (χ0v) is 22.4. The number of anilines is 1. The number of hydrogen-bond acceptors (Lipinski definition) is 16. The minimum absolute atomic E-state index is 0.0442. The molecule has 0 saturated carbocycles. The predicted octanol–water partition coefficient (Wildman–Crippen LogP) is -0.692. The van der Waals surface area contributed by atoms with E-state index in [0.717, 1.165) is 12.7 Å². The number of hydrogen-bond donors (Lipinski definition) is 2.